The Balaban J connectivity index is 1.80. The number of nitrogens with zero attached hydrogens (tertiary/aromatic N) is 2. The Labute approximate surface area is 208 Å². The molecule has 35 heavy (non-hydrogen) atoms. The predicted octanol–water partition coefficient (Wildman–Crippen LogP) is 6.16. The molecule has 3 aromatic carbocycles. The first kappa shape index (κ1) is 24.3. The number of rotatable bonds is 7. The van der Waals surface area contributed by atoms with Gasteiger partial charge in [-0.05, 0) is 99.7 Å². The summed E-state index contributed by atoms with van der Waals surface area (Å²) in [5, 5.41) is 3.29. The van der Waals surface area contributed by atoms with Gasteiger partial charge >= 0.3 is 0 Å². The maximum atomic E-state index is 13.8. The normalized spacial score (nSPS) is 13.6. The maximum Gasteiger partial charge on any atom is 0.282 e. The van der Waals surface area contributed by atoms with E-state index >= 15 is 0 Å². The average Bonchev–Trinajstić information content (AvgIpc) is 3.08. The molecule has 0 aliphatic carbocycles. The van der Waals surface area contributed by atoms with Gasteiger partial charge in [-0.2, -0.15) is 0 Å². The number of aryl methyl sites for hydroxylation is 3. The highest BCUT2D eigenvalue weighted by Crippen LogP contribution is 2.36. The molecule has 0 atom stereocenters. The van der Waals surface area contributed by atoms with Crippen LogP contribution in [-0.4, -0.2) is 24.9 Å². The fraction of sp³-hybridized carbons (Fsp3) is 0.267. The third kappa shape index (κ3) is 4.46. The lowest BCUT2D eigenvalue weighted by Gasteiger charge is -2.21. The van der Waals surface area contributed by atoms with Crippen molar-refractivity contribution in [2.45, 2.75) is 41.5 Å². The molecule has 0 saturated carbocycles. The third-order valence-electron chi connectivity index (χ3n) is 6.96. The van der Waals surface area contributed by atoms with E-state index in [0.717, 1.165) is 52.3 Å². The maximum absolute atomic E-state index is 13.8. The van der Waals surface area contributed by atoms with E-state index in [1.165, 1.54) is 4.90 Å². The van der Waals surface area contributed by atoms with Gasteiger partial charge in [0.05, 0.1) is 11.3 Å². The Kier molecular flexibility index (Phi) is 6.79. The molecule has 0 saturated heterocycles. The van der Waals surface area contributed by atoms with Gasteiger partial charge in [0.25, 0.3) is 11.8 Å². The third-order valence-corrected chi connectivity index (χ3v) is 6.96. The lowest BCUT2D eigenvalue weighted by molar-refractivity contribution is -0.120. The number of carbonyl (C=O) groups is 2. The van der Waals surface area contributed by atoms with Crippen molar-refractivity contribution in [2.75, 3.05) is 28.2 Å². The van der Waals surface area contributed by atoms with Gasteiger partial charge in [-0.25, -0.2) is 4.90 Å². The fourth-order valence-electron chi connectivity index (χ4n) is 4.50. The van der Waals surface area contributed by atoms with Crippen LogP contribution in [0.3, 0.4) is 0 Å². The second-order valence-electron chi connectivity index (χ2n) is 9.06. The first-order chi connectivity index (χ1) is 16.8. The highest BCUT2D eigenvalue weighted by Gasteiger charge is 2.41. The van der Waals surface area contributed by atoms with Crippen LogP contribution in [0.5, 0.6) is 0 Å². The van der Waals surface area contributed by atoms with Gasteiger partial charge in [0, 0.05) is 24.5 Å². The van der Waals surface area contributed by atoms with Crippen LogP contribution in [-0.2, 0) is 9.59 Å². The molecule has 0 aromatic heterocycles. The van der Waals surface area contributed by atoms with Crippen LogP contribution in [0.4, 0.5) is 17.1 Å². The van der Waals surface area contributed by atoms with Gasteiger partial charge in [-0.3, -0.25) is 9.59 Å². The summed E-state index contributed by atoms with van der Waals surface area (Å²) < 4.78 is 0. The van der Waals surface area contributed by atoms with Gasteiger partial charge in [-0.15, -0.1) is 0 Å². The number of hydrogen-bond donors (Lipinski definition) is 1. The van der Waals surface area contributed by atoms with E-state index in [2.05, 4.69) is 24.1 Å². The van der Waals surface area contributed by atoms with Crippen LogP contribution in [0.1, 0.15) is 41.7 Å². The molecule has 0 fully saturated rings. The van der Waals surface area contributed by atoms with Gasteiger partial charge in [0.2, 0.25) is 0 Å². The molecular weight excluding hydrogens is 434 g/mol. The van der Waals surface area contributed by atoms with Gasteiger partial charge in [0.15, 0.2) is 0 Å². The second kappa shape index (κ2) is 9.79. The van der Waals surface area contributed by atoms with E-state index in [0.29, 0.717) is 17.0 Å². The van der Waals surface area contributed by atoms with Crippen LogP contribution in [0.15, 0.2) is 66.4 Å². The lowest BCUT2D eigenvalue weighted by atomic mass is 9.99. The molecule has 180 valence electrons. The van der Waals surface area contributed by atoms with Crippen LogP contribution >= 0.6 is 0 Å². The Morgan fingerprint density at radius 2 is 1.46 bits per heavy atom. The van der Waals surface area contributed by atoms with Crippen molar-refractivity contribution >= 4 is 34.4 Å². The quantitative estimate of drug-likeness (QED) is 0.423. The zero-order chi connectivity index (χ0) is 25.3. The molecule has 5 heteroatoms. The van der Waals surface area contributed by atoms with Crippen molar-refractivity contribution in [1.29, 1.82) is 0 Å². The first-order valence-corrected chi connectivity index (χ1v) is 12.2. The molecule has 1 aliphatic heterocycles. The Morgan fingerprint density at radius 3 is 2.09 bits per heavy atom. The second-order valence-corrected chi connectivity index (χ2v) is 9.06. The summed E-state index contributed by atoms with van der Waals surface area (Å²) in [7, 11) is 0. The number of hydrogen-bond acceptors (Lipinski definition) is 4. The van der Waals surface area contributed by atoms with Gasteiger partial charge < -0.3 is 10.2 Å². The number of carbonyl (C=O) groups excluding carboxylic acids is 2. The monoisotopic (exact) mass is 467 g/mol. The smallest absolute Gasteiger partial charge is 0.282 e. The molecular formula is C30H33N3O2. The number of nitrogens with one attached hydrogen (secondary N) is 1. The van der Waals surface area contributed by atoms with E-state index in [-0.39, 0.29) is 11.8 Å². The minimum atomic E-state index is -0.343. The molecule has 0 radical (unpaired) electrons. The van der Waals surface area contributed by atoms with E-state index < -0.39 is 0 Å². The number of imide groups is 1. The Morgan fingerprint density at radius 1 is 0.771 bits per heavy atom. The summed E-state index contributed by atoms with van der Waals surface area (Å²) in [6.07, 6.45) is 0. The topological polar surface area (TPSA) is 52.7 Å². The van der Waals surface area contributed by atoms with Crippen LogP contribution in [0.2, 0.25) is 0 Å². The summed E-state index contributed by atoms with van der Waals surface area (Å²) in [4.78, 5) is 31.1. The predicted molar refractivity (Wildman–Crippen MR) is 145 cm³/mol. The zero-order valence-electron chi connectivity index (χ0n) is 21.4. The van der Waals surface area contributed by atoms with Crippen molar-refractivity contribution in [3.8, 4) is 0 Å². The molecule has 0 unspecified atom stereocenters. The van der Waals surface area contributed by atoms with E-state index in [9.17, 15) is 9.59 Å². The number of amides is 2. The molecule has 0 bridgehead atoms. The summed E-state index contributed by atoms with van der Waals surface area (Å²) >= 11 is 0. The molecule has 3 aromatic rings. The number of benzene rings is 3. The molecule has 4 rings (SSSR count). The van der Waals surface area contributed by atoms with Crippen molar-refractivity contribution in [3.05, 3.63) is 94.2 Å². The lowest BCUT2D eigenvalue weighted by Crippen LogP contribution is -2.33. The largest absolute Gasteiger partial charge is 0.372 e. The summed E-state index contributed by atoms with van der Waals surface area (Å²) in [6.45, 7) is 14.1. The minimum Gasteiger partial charge on any atom is -0.372 e. The molecule has 5 nitrogen and oxygen atoms in total. The average molecular weight is 468 g/mol. The van der Waals surface area contributed by atoms with E-state index in [1.807, 2.05) is 88.4 Å². The molecule has 1 heterocycles. The van der Waals surface area contributed by atoms with Crippen molar-refractivity contribution in [1.82, 2.24) is 0 Å². The number of anilines is 3. The summed E-state index contributed by atoms with van der Waals surface area (Å²) in [5.41, 5.74) is 8.10. The van der Waals surface area contributed by atoms with Crippen molar-refractivity contribution in [2.24, 2.45) is 0 Å². The zero-order valence-corrected chi connectivity index (χ0v) is 21.4. The SMILES string of the molecule is CCN(CC)c1ccc(NC2=C(c3ccc(C)c(C)c3)C(=O)N(c3cccc(C)c3C)C2=O)cc1. The highest BCUT2D eigenvalue weighted by molar-refractivity contribution is 6.46. The van der Waals surface area contributed by atoms with Crippen molar-refractivity contribution in [3.63, 3.8) is 0 Å². The highest BCUT2D eigenvalue weighted by atomic mass is 16.2. The molecule has 1 N–H and O–H groups in total. The van der Waals surface area contributed by atoms with Crippen LogP contribution in [0.25, 0.3) is 5.57 Å². The molecule has 0 spiro atoms. The van der Waals surface area contributed by atoms with E-state index in [4.69, 9.17) is 0 Å². The van der Waals surface area contributed by atoms with Gasteiger partial charge in [0.1, 0.15) is 5.70 Å². The van der Waals surface area contributed by atoms with E-state index in [1.54, 1.807) is 0 Å². The summed E-state index contributed by atoms with van der Waals surface area (Å²) in [6, 6.07) is 19.6. The minimum absolute atomic E-state index is 0.301. The fourth-order valence-corrected chi connectivity index (χ4v) is 4.50. The Bertz CT molecular complexity index is 1320. The summed E-state index contributed by atoms with van der Waals surface area (Å²) in [5.74, 6) is -0.654. The Hall–Kier alpha value is -3.86. The standard InChI is InChI=1S/C30H33N3O2/c1-7-32(8-2)25-16-14-24(15-17-25)31-28-27(23-13-12-19(3)21(5)18-23)29(34)33(30(28)35)26-11-9-10-20(4)22(26)6/h9-18,31H,7-8H2,1-6H3. The first-order valence-electron chi connectivity index (χ1n) is 12.2. The molecule has 2 amide bonds. The van der Waals surface area contributed by atoms with Crippen molar-refractivity contribution < 1.29 is 9.59 Å². The van der Waals surface area contributed by atoms with Gasteiger partial charge in [-0.1, -0.05) is 30.3 Å². The van der Waals surface area contributed by atoms with Crippen LogP contribution < -0.4 is 15.1 Å². The van der Waals surface area contributed by atoms with Crippen LogP contribution in [0, 0.1) is 27.7 Å². The molecule has 1 aliphatic rings.